The first kappa shape index (κ1) is 13.9. The molecule has 0 aliphatic heterocycles. The van der Waals surface area contributed by atoms with E-state index < -0.39 is 0 Å². The van der Waals surface area contributed by atoms with E-state index in [4.69, 9.17) is 0 Å². The van der Waals surface area contributed by atoms with Gasteiger partial charge in [0.1, 0.15) is 5.82 Å². The number of pyridine rings is 1. The monoisotopic (exact) mass is 208 g/mol. The summed E-state index contributed by atoms with van der Waals surface area (Å²) in [6, 6.07) is 4.55. The van der Waals surface area contributed by atoms with Gasteiger partial charge in [-0.1, -0.05) is 33.8 Å². The highest BCUT2D eigenvalue weighted by molar-refractivity contribution is 5.45. The van der Waals surface area contributed by atoms with Gasteiger partial charge >= 0.3 is 0 Å². The van der Waals surface area contributed by atoms with E-state index in [1.54, 1.807) is 0 Å². The predicted octanol–water partition coefficient (Wildman–Crippen LogP) is 4.05. The number of nitrogens with zero attached hydrogens (tertiary/aromatic N) is 1. The molecule has 0 atom stereocenters. The third kappa shape index (κ3) is 4.82. The Morgan fingerprint density at radius 1 is 1.13 bits per heavy atom. The van der Waals surface area contributed by atoms with Gasteiger partial charge in [0.2, 0.25) is 0 Å². The second-order valence-corrected chi connectivity index (χ2v) is 3.89. The fraction of sp³-hybridized carbons (Fsp3) is 0.615. The van der Waals surface area contributed by atoms with E-state index in [9.17, 15) is 0 Å². The van der Waals surface area contributed by atoms with Crippen molar-refractivity contribution in [2.24, 2.45) is 0 Å². The normalized spacial score (nSPS) is 9.87. The van der Waals surface area contributed by atoms with E-state index in [1.807, 2.05) is 26.1 Å². The van der Waals surface area contributed by atoms with Crippen LogP contribution in [0.25, 0.3) is 0 Å². The van der Waals surface area contributed by atoms with Crippen molar-refractivity contribution in [3.63, 3.8) is 0 Å². The lowest BCUT2D eigenvalue weighted by Gasteiger charge is -2.15. The van der Waals surface area contributed by atoms with E-state index in [2.05, 4.69) is 44.1 Å². The zero-order valence-electron chi connectivity index (χ0n) is 10.8. The molecular weight excluding hydrogens is 184 g/mol. The maximum Gasteiger partial charge on any atom is 0.129 e. The minimum atomic E-state index is 0.437. The molecule has 1 N–H and O–H groups in total. The number of rotatable bonds is 3. The Morgan fingerprint density at radius 2 is 1.73 bits per heavy atom. The summed E-state index contributed by atoms with van der Waals surface area (Å²) in [5, 5.41) is 3.34. The summed E-state index contributed by atoms with van der Waals surface area (Å²) in [4.78, 5) is 4.33. The van der Waals surface area contributed by atoms with Crippen LogP contribution in [0, 0.1) is 0 Å². The van der Waals surface area contributed by atoms with Crippen LogP contribution in [0.3, 0.4) is 0 Å². The minimum Gasteiger partial charge on any atom is -0.368 e. The summed E-state index contributed by atoms with van der Waals surface area (Å²) in [5.41, 5.74) is 1.29. The Hall–Kier alpha value is -1.05. The fourth-order valence-electron chi connectivity index (χ4n) is 1.28. The fourth-order valence-corrected chi connectivity index (χ4v) is 1.28. The van der Waals surface area contributed by atoms with E-state index in [0.29, 0.717) is 12.0 Å². The van der Waals surface area contributed by atoms with E-state index >= 15 is 0 Å². The van der Waals surface area contributed by atoms with Gasteiger partial charge in [0.25, 0.3) is 0 Å². The maximum atomic E-state index is 4.33. The Bertz CT molecular complexity index is 267. The highest BCUT2D eigenvalue weighted by Crippen LogP contribution is 2.21. The van der Waals surface area contributed by atoms with Crippen molar-refractivity contribution in [3.05, 3.63) is 23.9 Å². The highest BCUT2D eigenvalue weighted by atomic mass is 15.0. The second kappa shape index (κ2) is 7.27. The van der Waals surface area contributed by atoms with Gasteiger partial charge in [-0.25, -0.2) is 4.98 Å². The Kier molecular flexibility index (Phi) is 6.76. The van der Waals surface area contributed by atoms with Crippen molar-refractivity contribution >= 4 is 5.82 Å². The molecule has 1 aromatic rings. The largest absolute Gasteiger partial charge is 0.368 e. The number of nitrogens with one attached hydrogen (secondary N) is 1. The minimum absolute atomic E-state index is 0.437. The quantitative estimate of drug-likeness (QED) is 0.810. The molecule has 0 spiro atoms. The third-order valence-corrected chi connectivity index (χ3v) is 1.89. The molecule has 0 aromatic carbocycles. The SMILES string of the molecule is CC.CC(C)Nc1ncccc1C(C)C. The number of anilines is 1. The van der Waals surface area contributed by atoms with Gasteiger partial charge in [0.05, 0.1) is 0 Å². The summed E-state index contributed by atoms with van der Waals surface area (Å²) in [6.45, 7) is 12.6. The zero-order chi connectivity index (χ0) is 11.8. The molecule has 0 unspecified atom stereocenters. The van der Waals surface area contributed by atoms with E-state index in [-0.39, 0.29) is 0 Å². The highest BCUT2D eigenvalue weighted by Gasteiger charge is 2.06. The average molecular weight is 208 g/mol. The van der Waals surface area contributed by atoms with Crippen molar-refractivity contribution in [2.45, 2.75) is 53.5 Å². The van der Waals surface area contributed by atoms with Gasteiger partial charge in [-0.3, -0.25) is 0 Å². The van der Waals surface area contributed by atoms with E-state index in [1.165, 1.54) is 5.56 Å². The molecular formula is C13H24N2. The van der Waals surface area contributed by atoms with Crippen molar-refractivity contribution in [1.29, 1.82) is 0 Å². The molecule has 0 radical (unpaired) electrons. The van der Waals surface area contributed by atoms with Crippen LogP contribution in [0.4, 0.5) is 5.82 Å². The van der Waals surface area contributed by atoms with Gasteiger partial charge in [-0.05, 0) is 31.4 Å². The molecule has 0 saturated heterocycles. The molecule has 1 aromatic heterocycles. The van der Waals surface area contributed by atoms with Crippen molar-refractivity contribution in [2.75, 3.05) is 5.32 Å². The number of hydrogen-bond acceptors (Lipinski definition) is 2. The van der Waals surface area contributed by atoms with Crippen LogP contribution in [0.1, 0.15) is 53.0 Å². The van der Waals surface area contributed by atoms with Gasteiger partial charge in [-0.2, -0.15) is 0 Å². The van der Waals surface area contributed by atoms with Crippen LogP contribution < -0.4 is 5.32 Å². The lowest BCUT2D eigenvalue weighted by Crippen LogP contribution is -2.13. The predicted molar refractivity (Wildman–Crippen MR) is 68.4 cm³/mol. The zero-order valence-corrected chi connectivity index (χ0v) is 10.8. The van der Waals surface area contributed by atoms with Crippen LogP contribution >= 0.6 is 0 Å². The molecule has 1 rings (SSSR count). The topological polar surface area (TPSA) is 24.9 Å². The molecule has 1 heterocycles. The lowest BCUT2D eigenvalue weighted by atomic mass is 10.0. The van der Waals surface area contributed by atoms with Crippen LogP contribution in [-0.2, 0) is 0 Å². The Labute approximate surface area is 94.1 Å². The Balaban J connectivity index is 0.000000921. The summed E-state index contributed by atoms with van der Waals surface area (Å²) in [5.74, 6) is 1.54. The number of hydrogen-bond donors (Lipinski definition) is 1. The summed E-state index contributed by atoms with van der Waals surface area (Å²) < 4.78 is 0. The second-order valence-electron chi connectivity index (χ2n) is 3.89. The van der Waals surface area contributed by atoms with Crippen LogP contribution in [0.5, 0.6) is 0 Å². The molecule has 0 aliphatic rings. The molecule has 0 amide bonds. The lowest BCUT2D eigenvalue weighted by molar-refractivity contribution is 0.834. The van der Waals surface area contributed by atoms with Gasteiger partial charge < -0.3 is 5.32 Å². The molecule has 15 heavy (non-hydrogen) atoms. The van der Waals surface area contributed by atoms with E-state index in [0.717, 1.165) is 5.82 Å². The standard InChI is InChI=1S/C11H18N2.C2H6/c1-8(2)10-6-5-7-12-11(10)13-9(3)4;1-2/h5-9H,1-4H3,(H,12,13);1-2H3. The summed E-state index contributed by atoms with van der Waals surface area (Å²) >= 11 is 0. The Morgan fingerprint density at radius 3 is 2.20 bits per heavy atom. The first-order valence-electron chi connectivity index (χ1n) is 5.82. The van der Waals surface area contributed by atoms with Crippen LogP contribution in [0.15, 0.2) is 18.3 Å². The molecule has 2 nitrogen and oxygen atoms in total. The molecule has 0 bridgehead atoms. The smallest absolute Gasteiger partial charge is 0.129 e. The molecule has 0 aliphatic carbocycles. The molecule has 0 fully saturated rings. The van der Waals surface area contributed by atoms with Crippen LogP contribution in [-0.4, -0.2) is 11.0 Å². The first-order chi connectivity index (χ1) is 7.11. The van der Waals surface area contributed by atoms with Gasteiger partial charge in [0, 0.05) is 12.2 Å². The van der Waals surface area contributed by atoms with Crippen molar-refractivity contribution < 1.29 is 0 Å². The maximum absolute atomic E-state index is 4.33. The molecule has 86 valence electrons. The number of aromatic nitrogens is 1. The van der Waals surface area contributed by atoms with Crippen LogP contribution in [0.2, 0.25) is 0 Å². The average Bonchev–Trinajstić information content (AvgIpc) is 2.20. The first-order valence-corrected chi connectivity index (χ1v) is 5.82. The molecule has 2 heteroatoms. The van der Waals surface area contributed by atoms with Gasteiger partial charge in [0.15, 0.2) is 0 Å². The third-order valence-electron chi connectivity index (χ3n) is 1.89. The summed E-state index contributed by atoms with van der Waals surface area (Å²) in [6.07, 6.45) is 1.83. The van der Waals surface area contributed by atoms with Crippen molar-refractivity contribution in [3.8, 4) is 0 Å². The summed E-state index contributed by atoms with van der Waals surface area (Å²) in [7, 11) is 0. The van der Waals surface area contributed by atoms with Gasteiger partial charge in [-0.15, -0.1) is 0 Å². The van der Waals surface area contributed by atoms with Crippen molar-refractivity contribution in [1.82, 2.24) is 4.98 Å². The molecule has 0 saturated carbocycles.